The Balaban J connectivity index is 2.59. The van der Waals surface area contributed by atoms with Gasteiger partial charge in [-0.3, -0.25) is 4.90 Å². The predicted molar refractivity (Wildman–Crippen MR) is 78.1 cm³/mol. The van der Waals surface area contributed by atoms with Gasteiger partial charge in [0.25, 0.3) is 6.43 Å². The first kappa shape index (κ1) is 17.8. The zero-order valence-electron chi connectivity index (χ0n) is 12.8. The molecule has 3 nitrogen and oxygen atoms in total. The zero-order chi connectivity index (χ0) is 15.0. The second kappa shape index (κ2) is 9.64. The molecule has 1 saturated carbocycles. The van der Waals surface area contributed by atoms with Crippen LogP contribution in [0.5, 0.6) is 0 Å². The molecule has 1 rings (SSSR count). The zero-order valence-corrected chi connectivity index (χ0v) is 12.8. The number of nitrogens with zero attached hydrogens (tertiary/aromatic N) is 1. The highest BCUT2D eigenvalue weighted by Crippen LogP contribution is 2.32. The highest BCUT2D eigenvalue weighted by molar-refractivity contribution is 4.86. The summed E-state index contributed by atoms with van der Waals surface area (Å²) in [6.07, 6.45) is 2.33. The van der Waals surface area contributed by atoms with Crippen molar-refractivity contribution in [3.05, 3.63) is 0 Å². The van der Waals surface area contributed by atoms with Crippen molar-refractivity contribution in [2.24, 2.45) is 11.8 Å². The van der Waals surface area contributed by atoms with Gasteiger partial charge in [-0.05, 0) is 37.6 Å². The summed E-state index contributed by atoms with van der Waals surface area (Å²) in [6.45, 7) is 5.95. The summed E-state index contributed by atoms with van der Waals surface area (Å²) in [5, 5.41) is 12.5. The Morgan fingerprint density at radius 2 is 2.05 bits per heavy atom. The highest BCUT2D eigenvalue weighted by atomic mass is 19.3. The maximum Gasteiger partial charge on any atom is 0.251 e. The van der Waals surface area contributed by atoms with Crippen molar-refractivity contribution >= 4 is 0 Å². The molecule has 0 aromatic heterocycles. The maximum atomic E-state index is 12.6. The third kappa shape index (κ3) is 6.02. The number of rotatable bonds is 9. The van der Waals surface area contributed by atoms with E-state index in [1.165, 1.54) is 12.8 Å². The molecule has 1 fully saturated rings. The van der Waals surface area contributed by atoms with Crippen molar-refractivity contribution in [1.29, 1.82) is 0 Å². The van der Waals surface area contributed by atoms with E-state index in [-0.39, 0.29) is 13.2 Å². The monoisotopic (exact) mass is 292 g/mol. The van der Waals surface area contributed by atoms with E-state index in [2.05, 4.69) is 19.2 Å². The quantitative estimate of drug-likeness (QED) is 0.685. The Bertz CT molecular complexity index is 254. The number of aliphatic hydroxyl groups is 1. The Morgan fingerprint density at radius 1 is 1.30 bits per heavy atom. The molecule has 1 aliphatic carbocycles. The van der Waals surface area contributed by atoms with Gasteiger partial charge in [0, 0.05) is 19.1 Å². The minimum Gasteiger partial charge on any atom is -0.395 e. The molecule has 0 aromatic carbocycles. The van der Waals surface area contributed by atoms with E-state index in [4.69, 9.17) is 5.11 Å². The van der Waals surface area contributed by atoms with Crippen LogP contribution in [0.15, 0.2) is 0 Å². The lowest BCUT2D eigenvalue weighted by Gasteiger charge is -2.39. The smallest absolute Gasteiger partial charge is 0.251 e. The number of alkyl halides is 2. The molecule has 0 aliphatic heterocycles. The summed E-state index contributed by atoms with van der Waals surface area (Å²) in [5.74, 6) is 1.14. The van der Waals surface area contributed by atoms with E-state index in [1.54, 1.807) is 4.90 Å². The van der Waals surface area contributed by atoms with Crippen LogP contribution in [0.4, 0.5) is 8.78 Å². The van der Waals surface area contributed by atoms with Crippen LogP contribution >= 0.6 is 0 Å². The Kier molecular flexibility index (Phi) is 8.57. The second-order valence-electron chi connectivity index (χ2n) is 5.89. The van der Waals surface area contributed by atoms with E-state index in [9.17, 15) is 8.78 Å². The Morgan fingerprint density at radius 3 is 2.60 bits per heavy atom. The average Bonchev–Trinajstić information content (AvgIpc) is 2.40. The van der Waals surface area contributed by atoms with Gasteiger partial charge in [-0.2, -0.15) is 0 Å². The predicted octanol–water partition coefficient (Wildman–Crippen LogP) is 2.35. The van der Waals surface area contributed by atoms with E-state index in [0.717, 1.165) is 25.3 Å². The van der Waals surface area contributed by atoms with Crippen molar-refractivity contribution < 1.29 is 13.9 Å². The summed E-state index contributed by atoms with van der Waals surface area (Å²) < 4.78 is 25.2. The normalized spacial score (nSPS) is 27.4. The lowest BCUT2D eigenvalue weighted by molar-refractivity contribution is 0.0557. The molecular formula is C15H30F2N2O. The summed E-state index contributed by atoms with van der Waals surface area (Å²) >= 11 is 0. The molecule has 5 heteroatoms. The topological polar surface area (TPSA) is 35.5 Å². The third-order valence-electron chi connectivity index (χ3n) is 4.44. The number of nitrogens with one attached hydrogen (secondary N) is 1. The van der Waals surface area contributed by atoms with Gasteiger partial charge < -0.3 is 10.4 Å². The Hall–Kier alpha value is -0.260. The van der Waals surface area contributed by atoms with E-state index >= 15 is 0 Å². The molecular weight excluding hydrogens is 262 g/mol. The van der Waals surface area contributed by atoms with E-state index in [1.807, 2.05) is 0 Å². The molecule has 3 unspecified atom stereocenters. The number of aliphatic hydroxyl groups excluding tert-OH is 1. The maximum absolute atomic E-state index is 12.6. The van der Waals surface area contributed by atoms with Gasteiger partial charge in [-0.25, -0.2) is 8.78 Å². The molecule has 0 bridgehead atoms. The van der Waals surface area contributed by atoms with Gasteiger partial charge in [-0.1, -0.05) is 20.3 Å². The number of halogens is 2. The van der Waals surface area contributed by atoms with Crippen molar-refractivity contribution in [3.63, 3.8) is 0 Å². The van der Waals surface area contributed by atoms with Crippen LogP contribution in [-0.4, -0.2) is 55.3 Å². The fourth-order valence-electron chi connectivity index (χ4n) is 3.39. The molecule has 3 atom stereocenters. The van der Waals surface area contributed by atoms with Crippen molar-refractivity contribution in [2.45, 2.75) is 52.0 Å². The SMILES string of the molecule is CCNC1CCC(CC)CC1CN(CCO)CC(F)F. The van der Waals surface area contributed by atoms with Crippen LogP contribution in [0, 0.1) is 11.8 Å². The first-order chi connectivity index (χ1) is 9.60. The molecule has 0 radical (unpaired) electrons. The fourth-order valence-corrected chi connectivity index (χ4v) is 3.39. The summed E-state index contributed by atoms with van der Waals surface area (Å²) in [4.78, 5) is 1.72. The summed E-state index contributed by atoms with van der Waals surface area (Å²) in [7, 11) is 0. The first-order valence-corrected chi connectivity index (χ1v) is 7.95. The lowest BCUT2D eigenvalue weighted by atomic mass is 9.76. The van der Waals surface area contributed by atoms with Gasteiger partial charge in [0.2, 0.25) is 0 Å². The van der Waals surface area contributed by atoms with Crippen molar-refractivity contribution in [2.75, 3.05) is 32.8 Å². The molecule has 0 heterocycles. The fraction of sp³-hybridized carbons (Fsp3) is 1.00. The summed E-state index contributed by atoms with van der Waals surface area (Å²) in [5.41, 5.74) is 0. The molecule has 20 heavy (non-hydrogen) atoms. The minimum absolute atomic E-state index is 0.0531. The van der Waals surface area contributed by atoms with Gasteiger partial charge in [0.05, 0.1) is 13.2 Å². The number of hydrogen-bond acceptors (Lipinski definition) is 3. The van der Waals surface area contributed by atoms with Gasteiger partial charge >= 0.3 is 0 Å². The Labute approximate surface area is 121 Å². The molecule has 0 spiro atoms. The summed E-state index contributed by atoms with van der Waals surface area (Å²) in [6, 6.07) is 0.432. The molecule has 0 saturated heterocycles. The average molecular weight is 292 g/mol. The van der Waals surface area contributed by atoms with E-state index in [0.29, 0.717) is 25.0 Å². The van der Waals surface area contributed by atoms with Gasteiger partial charge in [-0.15, -0.1) is 0 Å². The van der Waals surface area contributed by atoms with Crippen molar-refractivity contribution in [3.8, 4) is 0 Å². The van der Waals surface area contributed by atoms with Crippen LogP contribution in [0.2, 0.25) is 0 Å². The van der Waals surface area contributed by atoms with Crippen LogP contribution in [0.25, 0.3) is 0 Å². The second-order valence-corrected chi connectivity index (χ2v) is 5.89. The molecule has 2 N–H and O–H groups in total. The van der Waals surface area contributed by atoms with Gasteiger partial charge in [0.1, 0.15) is 0 Å². The van der Waals surface area contributed by atoms with Gasteiger partial charge in [0.15, 0.2) is 0 Å². The highest BCUT2D eigenvalue weighted by Gasteiger charge is 2.30. The molecule has 0 aromatic rings. The molecule has 1 aliphatic rings. The van der Waals surface area contributed by atoms with Crippen LogP contribution in [0.1, 0.15) is 39.5 Å². The lowest BCUT2D eigenvalue weighted by Crippen LogP contribution is -2.47. The van der Waals surface area contributed by atoms with Crippen molar-refractivity contribution in [1.82, 2.24) is 10.2 Å². The molecule has 0 amide bonds. The van der Waals surface area contributed by atoms with Crippen LogP contribution in [0.3, 0.4) is 0 Å². The number of hydrogen-bond donors (Lipinski definition) is 2. The van der Waals surface area contributed by atoms with Crippen LogP contribution in [-0.2, 0) is 0 Å². The standard InChI is InChI=1S/C15H30F2N2O/c1-3-12-5-6-14(18-4-2)13(9-12)10-19(7-8-20)11-15(16)17/h12-15,18,20H,3-11H2,1-2H3. The van der Waals surface area contributed by atoms with Crippen LogP contribution < -0.4 is 5.32 Å². The van der Waals surface area contributed by atoms with E-state index < -0.39 is 6.43 Å². The third-order valence-corrected chi connectivity index (χ3v) is 4.44. The minimum atomic E-state index is -2.33. The largest absolute Gasteiger partial charge is 0.395 e. The molecule has 120 valence electrons. The first-order valence-electron chi connectivity index (χ1n) is 7.95.